The van der Waals surface area contributed by atoms with E-state index in [0.29, 0.717) is 11.8 Å². The number of aryl methyl sites for hydroxylation is 3. The number of phenols is 1. The van der Waals surface area contributed by atoms with Crippen LogP contribution in [0.2, 0.25) is 0 Å². The minimum absolute atomic E-state index is 0.337. The molecule has 1 atom stereocenters. The molecular weight excluding hydrogens is 412 g/mol. The number of phenolic OH excluding ortho intramolecular Hbond substituents is 1. The van der Waals surface area contributed by atoms with Crippen LogP contribution in [0.4, 0.5) is 0 Å². The molecule has 0 saturated heterocycles. The monoisotopic (exact) mass is 446 g/mol. The van der Waals surface area contributed by atoms with Crippen molar-refractivity contribution in [3.8, 4) is 16.3 Å². The maximum absolute atomic E-state index is 10.0. The minimum Gasteiger partial charge on any atom is -0.508 e. The summed E-state index contributed by atoms with van der Waals surface area (Å²) < 4.78 is 2.46. The van der Waals surface area contributed by atoms with E-state index in [1.165, 1.54) is 52.0 Å². The van der Waals surface area contributed by atoms with Gasteiger partial charge in [0, 0.05) is 23.5 Å². The van der Waals surface area contributed by atoms with Crippen molar-refractivity contribution in [3.05, 3.63) is 76.7 Å². The van der Waals surface area contributed by atoms with E-state index >= 15 is 0 Å². The van der Waals surface area contributed by atoms with Crippen molar-refractivity contribution in [2.75, 3.05) is 6.54 Å². The number of aromatic hydroxyl groups is 1. The van der Waals surface area contributed by atoms with Gasteiger partial charge in [-0.05, 0) is 86.5 Å². The third kappa shape index (κ3) is 5.08. The molecule has 0 amide bonds. The Labute approximate surface area is 195 Å². The van der Waals surface area contributed by atoms with Gasteiger partial charge in [0.1, 0.15) is 5.75 Å². The Kier molecular flexibility index (Phi) is 7.33. The zero-order chi connectivity index (χ0) is 22.5. The lowest BCUT2D eigenvalue weighted by Gasteiger charge is -2.14. The van der Waals surface area contributed by atoms with Crippen LogP contribution in [0.3, 0.4) is 0 Å². The van der Waals surface area contributed by atoms with Crippen molar-refractivity contribution in [2.45, 2.75) is 59.0 Å². The van der Waals surface area contributed by atoms with Gasteiger partial charge in [-0.2, -0.15) is 0 Å². The summed E-state index contributed by atoms with van der Waals surface area (Å²) in [4.78, 5) is 1.31. The highest BCUT2D eigenvalue weighted by Gasteiger charge is 2.17. The van der Waals surface area contributed by atoms with Crippen LogP contribution >= 0.6 is 11.3 Å². The summed E-state index contributed by atoms with van der Waals surface area (Å²) in [6, 6.07) is 19.1. The predicted octanol–water partition coefficient (Wildman–Crippen LogP) is 7.60. The molecule has 0 saturated carbocycles. The van der Waals surface area contributed by atoms with Crippen molar-refractivity contribution < 1.29 is 5.11 Å². The Bertz CT molecular complexity index is 1160. The number of hydrogen-bond acceptors (Lipinski definition) is 3. The van der Waals surface area contributed by atoms with Crippen molar-refractivity contribution in [1.82, 2.24) is 9.88 Å². The quantitative estimate of drug-likeness (QED) is 0.246. The topological polar surface area (TPSA) is 37.2 Å². The first-order valence-corrected chi connectivity index (χ1v) is 12.6. The summed E-state index contributed by atoms with van der Waals surface area (Å²) in [7, 11) is 0. The van der Waals surface area contributed by atoms with Crippen LogP contribution in [0, 0.1) is 13.8 Å². The third-order valence-electron chi connectivity index (χ3n) is 6.32. The van der Waals surface area contributed by atoms with Crippen molar-refractivity contribution >= 4 is 22.2 Å². The lowest BCUT2D eigenvalue weighted by molar-refractivity contribution is 0.476. The molecule has 0 aliphatic rings. The Balaban J connectivity index is 1.35. The van der Waals surface area contributed by atoms with E-state index in [4.69, 9.17) is 0 Å². The fourth-order valence-electron chi connectivity index (χ4n) is 4.54. The average Bonchev–Trinajstić information content (AvgIpc) is 3.34. The van der Waals surface area contributed by atoms with E-state index in [-0.39, 0.29) is 0 Å². The second-order valence-electron chi connectivity index (χ2n) is 8.82. The molecule has 0 aliphatic heterocycles. The number of aromatic nitrogens is 1. The molecule has 2 N–H and O–H groups in total. The molecule has 2 aromatic carbocycles. The Morgan fingerprint density at radius 2 is 1.75 bits per heavy atom. The second kappa shape index (κ2) is 10.4. The number of nitrogens with zero attached hydrogens (tertiary/aromatic N) is 1. The third-order valence-corrected chi connectivity index (χ3v) is 7.38. The van der Waals surface area contributed by atoms with E-state index in [9.17, 15) is 5.11 Å². The van der Waals surface area contributed by atoms with Gasteiger partial charge in [-0.3, -0.25) is 0 Å². The molecule has 2 heterocycles. The fraction of sp³-hybridized carbons (Fsp3) is 0.357. The highest BCUT2D eigenvalue weighted by molar-refractivity contribution is 7.13. The largest absolute Gasteiger partial charge is 0.508 e. The first-order valence-electron chi connectivity index (χ1n) is 11.7. The van der Waals surface area contributed by atoms with Crippen molar-refractivity contribution in [1.29, 1.82) is 0 Å². The number of fused-ring (bicyclic) bond motifs is 1. The molecule has 2 aromatic heterocycles. The van der Waals surface area contributed by atoms with Crippen LogP contribution in [-0.4, -0.2) is 16.2 Å². The van der Waals surface area contributed by atoms with Gasteiger partial charge >= 0.3 is 0 Å². The molecule has 4 rings (SSSR count). The summed E-state index contributed by atoms with van der Waals surface area (Å²) in [5, 5.41) is 17.0. The van der Waals surface area contributed by atoms with Crippen LogP contribution in [0.5, 0.6) is 5.75 Å². The number of nitrogens with one attached hydrogen (secondary N) is 1. The van der Waals surface area contributed by atoms with E-state index in [1.807, 2.05) is 17.4 Å². The van der Waals surface area contributed by atoms with Crippen LogP contribution in [0.25, 0.3) is 21.5 Å². The molecule has 0 aliphatic carbocycles. The maximum Gasteiger partial charge on any atom is 0.116 e. The van der Waals surface area contributed by atoms with Crippen molar-refractivity contribution in [3.63, 3.8) is 0 Å². The van der Waals surface area contributed by atoms with Gasteiger partial charge in [-0.25, -0.2) is 0 Å². The molecular formula is C28H34N2OS. The normalized spacial score (nSPS) is 12.5. The summed E-state index contributed by atoms with van der Waals surface area (Å²) in [5.74, 6) is 0.337. The summed E-state index contributed by atoms with van der Waals surface area (Å²) in [6.45, 7) is 8.64. The standard InChI is InChI=1S/C28H34N2OS/c1-20-17-27(32-19-20)28-21(2)25-18-24(31)13-14-26(25)30(28)16-10-5-4-9-15-29-22(3)23-11-7-6-8-12-23/h6-8,11-14,17-19,22,29,31H,4-5,9-10,15-16H2,1-3H3. The van der Waals surface area contributed by atoms with E-state index in [1.54, 1.807) is 6.07 Å². The maximum atomic E-state index is 10.0. The fourth-order valence-corrected chi connectivity index (χ4v) is 5.55. The van der Waals surface area contributed by atoms with Crippen LogP contribution in [0.15, 0.2) is 60.0 Å². The Morgan fingerprint density at radius 1 is 0.969 bits per heavy atom. The van der Waals surface area contributed by atoms with Crippen molar-refractivity contribution in [2.24, 2.45) is 0 Å². The molecule has 0 bridgehead atoms. The second-order valence-corrected chi connectivity index (χ2v) is 9.73. The molecule has 1 unspecified atom stereocenters. The number of thiophene rings is 1. The lowest BCUT2D eigenvalue weighted by Crippen LogP contribution is -2.19. The molecule has 0 radical (unpaired) electrons. The first-order chi connectivity index (χ1) is 15.5. The van der Waals surface area contributed by atoms with Crippen LogP contribution < -0.4 is 5.32 Å². The zero-order valence-electron chi connectivity index (χ0n) is 19.4. The van der Waals surface area contributed by atoms with E-state index in [2.05, 4.69) is 78.5 Å². The summed E-state index contributed by atoms with van der Waals surface area (Å²) in [5.41, 5.74) is 6.45. The van der Waals surface area contributed by atoms with Gasteiger partial charge < -0.3 is 15.0 Å². The molecule has 0 spiro atoms. The zero-order valence-corrected chi connectivity index (χ0v) is 20.2. The lowest BCUT2D eigenvalue weighted by atomic mass is 10.1. The van der Waals surface area contributed by atoms with Gasteiger partial charge in [0.25, 0.3) is 0 Å². The molecule has 4 heteroatoms. The Hall–Kier alpha value is -2.56. The van der Waals surface area contributed by atoms with Gasteiger partial charge in [0.15, 0.2) is 0 Å². The predicted molar refractivity (Wildman–Crippen MR) is 138 cm³/mol. The number of benzene rings is 2. The summed E-state index contributed by atoms with van der Waals surface area (Å²) in [6.07, 6.45) is 4.82. The average molecular weight is 447 g/mol. The summed E-state index contributed by atoms with van der Waals surface area (Å²) >= 11 is 1.81. The number of unbranched alkanes of at least 4 members (excludes halogenated alkanes) is 3. The van der Waals surface area contributed by atoms with E-state index < -0.39 is 0 Å². The number of rotatable bonds is 10. The first kappa shape index (κ1) is 22.6. The van der Waals surface area contributed by atoms with Gasteiger partial charge in [-0.1, -0.05) is 43.2 Å². The molecule has 4 aromatic rings. The van der Waals surface area contributed by atoms with Crippen LogP contribution in [0.1, 0.15) is 55.3 Å². The van der Waals surface area contributed by atoms with Gasteiger partial charge in [0.2, 0.25) is 0 Å². The smallest absolute Gasteiger partial charge is 0.116 e. The van der Waals surface area contributed by atoms with Gasteiger partial charge in [0.05, 0.1) is 10.6 Å². The van der Waals surface area contributed by atoms with Crippen LogP contribution in [-0.2, 0) is 6.54 Å². The molecule has 0 fully saturated rings. The Morgan fingerprint density at radius 3 is 2.50 bits per heavy atom. The van der Waals surface area contributed by atoms with E-state index in [0.717, 1.165) is 24.9 Å². The minimum atomic E-state index is 0.337. The highest BCUT2D eigenvalue weighted by atomic mass is 32.1. The number of hydrogen-bond donors (Lipinski definition) is 2. The highest BCUT2D eigenvalue weighted by Crippen LogP contribution is 2.38. The molecule has 32 heavy (non-hydrogen) atoms. The van der Waals surface area contributed by atoms with Gasteiger partial charge in [-0.15, -0.1) is 11.3 Å². The molecule has 3 nitrogen and oxygen atoms in total. The SMILES string of the molecule is Cc1csc(-c2c(C)c3cc(O)ccc3n2CCCCCCNC(C)c2ccccc2)c1. The molecule has 168 valence electrons.